The van der Waals surface area contributed by atoms with E-state index < -0.39 is 0 Å². The Morgan fingerprint density at radius 1 is 1.05 bits per heavy atom. The normalized spacial score (nSPS) is 24.5. The van der Waals surface area contributed by atoms with Crippen LogP contribution in [0.15, 0.2) is 48.5 Å². The largest absolute Gasteiger partial charge is 0.508 e. The summed E-state index contributed by atoms with van der Waals surface area (Å²) in [6, 6.07) is 17.4. The molecule has 1 unspecified atom stereocenters. The Balaban J connectivity index is 1.70. The van der Waals surface area contributed by atoms with Gasteiger partial charge in [-0.15, -0.1) is 0 Å². The summed E-state index contributed by atoms with van der Waals surface area (Å²) in [5.41, 5.74) is 4.19. The standard InChI is InChI=1S/C20H23NO/c22-17-9-7-16-8-10-20(21-11-4-12-21)19(18(16)14-17)13-15-5-2-1-3-6-15/h1-3,5-7,9,14,19-20,22H,4,8,10-13H2/t19-,20?/m1/s1. The fourth-order valence-electron chi connectivity index (χ4n) is 4.09. The summed E-state index contributed by atoms with van der Waals surface area (Å²) in [6.45, 7) is 2.48. The van der Waals surface area contributed by atoms with E-state index in [2.05, 4.69) is 41.3 Å². The van der Waals surface area contributed by atoms with Crippen molar-refractivity contribution in [3.63, 3.8) is 0 Å². The number of aryl methyl sites for hydroxylation is 1. The maximum absolute atomic E-state index is 9.95. The van der Waals surface area contributed by atoms with E-state index in [0.29, 0.717) is 17.7 Å². The number of benzene rings is 2. The zero-order valence-electron chi connectivity index (χ0n) is 12.9. The number of hydrogen-bond donors (Lipinski definition) is 1. The molecule has 2 aliphatic rings. The van der Waals surface area contributed by atoms with Crippen molar-refractivity contribution in [1.82, 2.24) is 4.90 Å². The van der Waals surface area contributed by atoms with Crippen LogP contribution in [0.2, 0.25) is 0 Å². The van der Waals surface area contributed by atoms with Crippen molar-refractivity contribution in [1.29, 1.82) is 0 Å². The highest BCUT2D eigenvalue weighted by Gasteiger charge is 2.35. The Bertz CT molecular complexity index is 648. The molecular weight excluding hydrogens is 270 g/mol. The van der Waals surface area contributed by atoms with Gasteiger partial charge in [-0.25, -0.2) is 0 Å². The minimum Gasteiger partial charge on any atom is -0.508 e. The SMILES string of the molecule is Oc1ccc2c(c1)[C@@H](Cc1ccccc1)C(N1CCC1)CC2. The molecule has 0 bridgehead atoms. The summed E-state index contributed by atoms with van der Waals surface area (Å²) in [4.78, 5) is 2.64. The molecule has 1 saturated heterocycles. The number of likely N-dealkylation sites (tertiary alicyclic amines) is 1. The quantitative estimate of drug-likeness (QED) is 0.932. The van der Waals surface area contributed by atoms with Crippen molar-refractivity contribution in [3.8, 4) is 5.75 Å². The summed E-state index contributed by atoms with van der Waals surface area (Å²) in [5, 5.41) is 9.95. The summed E-state index contributed by atoms with van der Waals surface area (Å²) in [5.74, 6) is 0.902. The van der Waals surface area contributed by atoms with Gasteiger partial charge < -0.3 is 5.11 Å². The van der Waals surface area contributed by atoms with Crippen LogP contribution in [-0.4, -0.2) is 29.1 Å². The molecule has 1 aliphatic heterocycles. The summed E-state index contributed by atoms with van der Waals surface area (Å²) in [7, 11) is 0. The lowest BCUT2D eigenvalue weighted by Gasteiger charge is -2.45. The molecule has 0 amide bonds. The molecule has 2 aromatic rings. The first-order chi connectivity index (χ1) is 10.8. The Labute approximate surface area is 132 Å². The molecule has 0 spiro atoms. The van der Waals surface area contributed by atoms with Crippen LogP contribution in [-0.2, 0) is 12.8 Å². The number of hydrogen-bond acceptors (Lipinski definition) is 2. The third-order valence-corrected chi connectivity index (χ3v) is 5.36. The van der Waals surface area contributed by atoms with Crippen LogP contribution >= 0.6 is 0 Å². The summed E-state index contributed by atoms with van der Waals surface area (Å²) < 4.78 is 0. The third-order valence-electron chi connectivity index (χ3n) is 5.36. The molecule has 2 aromatic carbocycles. The molecule has 1 fully saturated rings. The van der Waals surface area contributed by atoms with E-state index in [0.717, 1.165) is 12.8 Å². The topological polar surface area (TPSA) is 23.5 Å². The second-order valence-corrected chi connectivity index (χ2v) is 6.67. The molecule has 4 rings (SSSR count). The smallest absolute Gasteiger partial charge is 0.115 e. The van der Waals surface area contributed by atoms with Crippen molar-refractivity contribution >= 4 is 0 Å². The molecular formula is C20H23NO. The highest BCUT2D eigenvalue weighted by atomic mass is 16.3. The van der Waals surface area contributed by atoms with E-state index in [9.17, 15) is 5.11 Å². The van der Waals surface area contributed by atoms with Gasteiger partial charge in [0.05, 0.1) is 0 Å². The number of rotatable bonds is 3. The summed E-state index contributed by atoms with van der Waals surface area (Å²) >= 11 is 0. The molecule has 1 heterocycles. The van der Waals surface area contributed by atoms with Crippen molar-refractivity contribution in [3.05, 3.63) is 65.2 Å². The van der Waals surface area contributed by atoms with Crippen LogP contribution in [0.1, 0.15) is 35.4 Å². The van der Waals surface area contributed by atoms with Gasteiger partial charge in [-0.05, 0) is 67.6 Å². The number of fused-ring (bicyclic) bond motifs is 1. The van der Waals surface area contributed by atoms with Gasteiger partial charge in [0.15, 0.2) is 0 Å². The fourth-order valence-corrected chi connectivity index (χ4v) is 4.09. The van der Waals surface area contributed by atoms with Gasteiger partial charge in [-0.1, -0.05) is 36.4 Å². The molecule has 1 aliphatic carbocycles. The first-order valence-electron chi connectivity index (χ1n) is 8.41. The second-order valence-electron chi connectivity index (χ2n) is 6.67. The monoisotopic (exact) mass is 293 g/mol. The van der Waals surface area contributed by atoms with Crippen LogP contribution in [0, 0.1) is 0 Å². The minimum atomic E-state index is 0.404. The number of nitrogens with zero attached hydrogens (tertiary/aromatic N) is 1. The second kappa shape index (κ2) is 5.77. The van der Waals surface area contributed by atoms with Gasteiger partial charge in [-0.3, -0.25) is 4.90 Å². The van der Waals surface area contributed by atoms with E-state index >= 15 is 0 Å². The summed E-state index contributed by atoms with van der Waals surface area (Å²) in [6.07, 6.45) is 4.79. The van der Waals surface area contributed by atoms with Gasteiger partial charge in [0, 0.05) is 12.0 Å². The van der Waals surface area contributed by atoms with Gasteiger partial charge >= 0.3 is 0 Å². The average Bonchev–Trinajstić information content (AvgIpc) is 2.49. The molecule has 114 valence electrons. The van der Waals surface area contributed by atoms with Crippen LogP contribution in [0.3, 0.4) is 0 Å². The van der Waals surface area contributed by atoms with Gasteiger partial charge in [0.1, 0.15) is 5.75 Å². The lowest BCUT2D eigenvalue weighted by atomic mass is 9.75. The predicted octanol–water partition coefficient (Wildman–Crippen LogP) is 3.74. The number of phenols is 1. The fraction of sp³-hybridized carbons (Fsp3) is 0.400. The van der Waals surface area contributed by atoms with E-state index in [1.807, 2.05) is 12.1 Å². The lowest BCUT2D eigenvalue weighted by Crippen LogP contribution is -2.49. The highest BCUT2D eigenvalue weighted by molar-refractivity contribution is 5.41. The van der Waals surface area contributed by atoms with E-state index in [1.165, 1.54) is 42.6 Å². The molecule has 2 nitrogen and oxygen atoms in total. The maximum Gasteiger partial charge on any atom is 0.115 e. The zero-order chi connectivity index (χ0) is 14.9. The Hall–Kier alpha value is -1.80. The third kappa shape index (κ3) is 2.52. The van der Waals surface area contributed by atoms with Gasteiger partial charge in [0.2, 0.25) is 0 Å². The molecule has 0 radical (unpaired) electrons. The van der Waals surface area contributed by atoms with Crippen LogP contribution in [0.25, 0.3) is 0 Å². The average molecular weight is 293 g/mol. The first-order valence-corrected chi connectivity index (χ1v) is 8.41. The number of aromatic hydroxyl groups is 1. The van der Waals surface area contributed by atoms with Crippen molar-refractivity contribution in [2.24, 2.45) is 0 Å². The Morgan fingerprint density at radius 3 is 2.59 bits per heavy atom. The molecule has 2 atom stereocenters. The lowest BCUT2D eigenvalue weighted by molar-refractivity contribution is 0.0876. The van der Waals surface area contributed by atoms with Crippen molar-refractivity contribution in [2.75, 3.05) is 13.1 Å². The Kier molecular flexibility index (Phi) is 3.63. The molecule has 2 heteroatoms. The van der Waals surface area contributed by atoms with Crippen molar-refractivity contribution < 1.29 is 5.11 Å². The molecule has 0 aromatic heterocycles. The van der Waals surface area contributed by atoms with Crippen LogP contribution in [0.4, 0.5) is 0 Å². The van der Waals surface area contributed by atoms with Crippen molar-refractivity contribution in [2.45, 2.75) is 37.6 Å². The van der Waals surface area contributed by atoms with E-state index in [4.69, 9.17) is 0 Å². The predicted molar refractivity (Wildman–Crippen MR) is 89.3 cm³/mol. The maximum atomic E-state index is 9.95. The first kappa shape index (κ1) is 13.8. The molecule has 22 heavy (non-hydrogen) atoms. The molecule has 0 saturated carbocycles. The minimum absolute atomic E-state index is 0.404. The van der Waals surface area contributed by atoms with Gasteiger partial charge in [-0.2, -0.15) is 0 Å². The van der Waals surface area contributed by atoms with Crippen LogP contribution in [0.5, 0.6) is 5.75 Å². The van der Waals surface area contributed by atoms with E-state index in [-0.39, 0.29) is 0 Å². The molecule has 1 N–H and O–H groups in total. The zero-order valence-corrected chi connectivity index (χ0v) is 12.9. The highest BCUT2D eigenvalue weighted by Crippen LogP contribution is 2.39. The Morgan fingerprint density at radius 2 is 1.86 bits per heavy atom. The number of phenolic OH excluding ortho intramolecular Hbond substituents is 1. The van der Waals surface area contributed by atoms with E-state index in [1.54, 1.807) is 0 Å². The van der Waals surface area contributed by atoms with Crippen LogP contribution < -0.4 is 0 Å². The van der Waals surface area contributed by atoms with Gasteiger partial charge in [0.25, 0.3) is 0 Å².